The van der Waals surface area contributed by atoms with Crippen LogP contribution >= 0.6 is 11.8 Å². The minimum absolute atomic E-state index is 0.242. The lowest BCUT2D eigenvalue weighted by Gasteiger charge is -2.27. The molecule has 1 amide bonds. The Morgan fingerprint density at radius 3 is 2.89 bits per heavy atom. The predicted octanol–water partition coefficient (Wildman–Crippen LogP) is 0.422. The lowest BCUT2D eigenvalue weighted by molar-refractivity contribution is -0.128. The summed E-state index contributed by atoms with van der Waals surface area (Å²) in [6, 6.07) is 0.996. The zero-order chi connectivity index (χ0) is 13.1. The van der Waals surface area contributed by atoms with Crippen LogP contribution in [0.5, 0.6) is 0 Å². The number of rotatable bonds is 2. The molecule has 2 unspecified atom stereocenters. The van der Waals surface area contributed by atoms with Gasteiger partial charge in [0, 0.05) is 26.2 Å². The maximum Gasteiger partial charge on any atom is 0.233 e. The molecule has 2 heterocycles. The highest BCUT2D eigenvalue weighted by atomic mass is 32.2. The molecule has 0 aromatic rings. The van der Waals surface area contributed by atoms with Gasteiger partial charge in [-0.2, -0.15) is 0 Å². The Bertz CT molecular complexity index is 368. The zero-order valence-corrected chi connectivity index (χ0v) is 12.0. The summed E-state index contributed by atoms with van der Waals surface area (Å²) >= 11 is 1.58. The zero-order valence-electron chi connectivity index (χ0n) is 11.2. The number of carbonyl (C=O) groups excluding carboxylic acids is 1. The second-order valence-corrected chi connectivity index (χ2v) is 6.42. The second-order valence-electron chi connectivity index (χ2n) is 5.46. The van der Waals surface area contributed by atoms with Gasteiger partial charge in [-0.3, -0.25) is 9.79 Å². The molecule has 0 aromatic heterocycles. The first-order valence-corrected chi connectivity index (χ1v) is 8.27. The summed E-state index contributed by atoms with van der Waals surface area (Å²) in [5.41, 5.74) is 0. The molecule has 2 N–H and O–H groups in total. The number of amides is 1. The summed E-state index contributed by atoms with van der Waals surface area (Å²) in [6.45, 7) is 3.51. The number of carbonyl (C=O) groups is 1. The van der Waals surface area contributed by atoms with Crippen LogP contribution in [0.15, 0.2) is 4.99 Å². The minimum Gasteiger partial charge on any atom is -0.360 e. The van der Waals surface area contributed by atoms with Crippen LogP contribution in [0.3, 0.4) is 0 Å². The van der Waals surface area contributed by atoms with Gasteiger partial charge in [0.1, 0.15) is 0 Å². The van der Waals surface area contributed by atoms with Gasteiger partial charge in [0.25, 0.3) is 0 Å². The first kappa shape index (κ1) is 13.2. The number of nitrogens with one attached hydrogen (secondary N) is 2. The molecule has 0 radical (unpaired) electrons. The molecule has 19 heavy (non-hydrogen) atoms. The van der Waals surface area contributed by atoms with Crippen LogP contribution in [0.2, 0.25) is 0 Å². The number of fused-ring (bicyclic) bond motifs is 1. The summed E-state index contributed by atoms with van der Waals surface area (Å²) in [4.78, 5) is 18.7. The summed E-state index contributed by atoms with van der Waals surface area (Å²) < 4.78 is 0. The average Bonchev–Trinajstić information content (AvgIpc) is 2.88. The fraction of sp³-hybridized carbons (Fsp3) is 0.846. The largest absolute Gasteiger partial charge is 0.360 e. The molecule has 5 nitrogen and oxygen atoms in total. The van der Waals surface area contributed by atoms with Crippen molar-refractivity contribution in [1.29, 1.82) is 0 Å². The number of nitrogens with zero attached hydrogens (tertiary/aromatic N) is 2. The molecule has 1 aliphatic carbocycles. The number of hydrogen-bond acceptors (Lipinski definition) is 5. The lowest BCUT2D eigenvalue weighted by Crippen LogP contribution is -2.47. The SMILES string of the molecule is O=C(CSC1=NC2CCCCC2N1)N1CCNCC1. The van der Waals surface area contributed by atoms with Crippen molar-refractivity contribution in [3.05, 3.63) is 0 Å². The van der Waals surface area contributed by atoms with Crippen molar-refractivity contribution in [2.45, 2.75) is 37.8 Å². The summed E-state index contributed by atoms with van der Waals surface area (Å²) in [6.07, 6.45) is 5.03. The predicted molar refractivity (Wildman–Crippen MR) is 78.5 cm³/mol. The summed E-state index contributed by atoms with van der Waals surface area (Å²) in [5, 5.41) is 7.73. The monoisotopic (exact) mass is 282 g/mol. The van der Waals surface area contributed by atoms with E-state index in [1.54, 1.807) is 11.8 Å². The van der Waals surface area contributed by atoms with Gasteiger partial charge in [0.05, 0.1) is 17.8 Å². The van der Waals surface area contributed by atoms with E-state index < -0.39 is 0 Å². The van der Waals surface area contributed by atoms with E-state index in [4.69, 9.17) is 4.99 Å². The maximum absolute atomic E-state index is 12.1. The van der Waals surface area contributed by atoms with Crippen LogP contribution < -0.4 is 10.6 Å². The van der Waals surface area contributed by atoms with Crippen molar-refractivity contribution < 1.29 is 4.79 Å². The molecule has 6 heteroatoms. The smallest absolute Gasteiger partial charge is 0.233 e. The van der Waals surface area contributed by atoms with E-state index in [-0.39, 0.29) is 5.91 Å². The van der Waals surface area contributed by atoms with Gasteiger partial charge in [0.2, 0.25) is 5.91 Å². The first-order chi connectivity index (χ1) is 9.33. The lowest BCUT2D eigenvalue weighted by atomic mass is 9.92. The Hall–Kier alpha value is -0.750. The Labute approximate surface area is 118 Å². The van der Waals surface area contributed by atoms with Crippen LogP contribution in [0.4, 0.5) is 0 Å². The third-order valence-corrected chi connectivity index (χ3v) is 5.01. The van der Waals surface area contributed by atoms with Gasteiger partial charge in [-0.25, -0.2) is 0 Å². The molecule has 2 aliphatic heterocycles. The van der Waals surface area contributed by atoms with E-state index >= 15 is 0 Å². The van der Waals surface area contributed by atoms with Gasteiger partial charge in [-0.05, 0) is 12.8 Å². The summed E-state index contributed by atoms with van der Waals surface area (Å²) in [5.74, 6) is 0.761. The summed E-state index contributed by atoms with van der Waals surface area (Å²) in [7, 11) is 0. The second kappa shape index (κ2) is 6.13. The fourth-order valence-corrected chi connectivity index (χ4v) is 3.88. The Balaban J connectivity index is 1.45. The molecule has 2 fully saturated rings. The first-order valence-electron chi connectivity index (χ1n) is 7.28. The van der Waals surface area contributed by atoms with Gasteiger partial charge < -0.3 is 15.5 Å². The molecule has 0 bridgehead atoms. The number of piperazine rings is 1. The minimum atomic E-state index is 0.242. The van der Waals surface area contributed by atoms with Crippen LogP contribution in [-0.4, -0.2) is 60.0 Å². The average molecular weight is 282 g/mol. The Morgan fingerprint density at radius 1 is 1.32 bits per heavy atom. The highest BCUT2D eigenvalue weighted by Crippen LogP contribution is 2.27. The topological polar surface area (TPSA) is 56.7 Å². The fourth-order valence-electron chi connectivity index (χ4n) is 3.00. The van der Waals surface area contributed by atoms with E-state index in [1.807, 2.05) is 4.90 Å². The van der Waals surface area contributed by atoms with Crippen molar-refractivity contribution in [3.63, 3.8) is 0 Å². The van der Waals surface area contributed by atoms with Crippen molar-refractivity contribution >= 4 is 22.8 Å². The van der Waals surface area contributed by atoms with Crippen molar-refractivity contribution in [2.24, 2.45) is 4.99 Å². The number of amidine groups is 1. The number of hydrogen-bond donors (Lipinski definition) is 2. The van der Waals surface area contributed by atoms with Crippen LogP contribution in [0.25, 0.3) is 0 Å². The van der Waals surface area contributed by atoms with Crippen molar-refractivity contribution in [3.8, 4) is 0 Å². The van der Waals surface area contributed by atoms with Gasteiger partial charge in [-0.15, -0.1) is 0 Å². The number of aliphatic imine (C=N–C) groups is 1. The van der Waals surface area contributed by atoms with Gasteiger partial charge >= 0.3 is 0 Å². The standard InChI is InChI=1S/C13H22N4OS/c18-12(17-7-5-14-6-8-17)9-19-13-15-10-3-1-2-4-11(10)16-13/h10-11,14H,1-9H2,(H,15,16). The molecule has 2 atom stereocenters. The van der Waals surface area contributed by atoms with Gasteiger partial charge in [-0.1, -0.05) is 24.6 Å². The molecular weight excluding hydrogens is 260 g/mol. The van der Waals surface area contributed by atoms with Crippen molar-refractivity contribution in [1.82, 2.24) is 15.5 Å². The molecular formula is C13H22N4OS. The van der Waals surface area contributed by atoms with Gasteiger partial charge in [0.15, 0.2) is 5.17 Å². The quantitative estimate of drug-likeness (QED) is 0.771. The maximum atomic E-state index is 12.1. The van der Waals surface area contributed by atoms with Crippen LogP contribution in [0, 0.1) is 0 Å². The molecule has 3 rings (SSSR count). The normalized spacial score (nSPS) is 30.5. The van der Waals surface area contributed by atoms with E-state index in [9.17, 15) is 4.79 Å². The van der Waals surface area contributed by atoms with E-state index in [0.717, 1.165) is 31.3 Å². The molecule has 1 saturated carbocycles. The molecule has 0 spiro atoms. The van der Waals surface area contributed by atoms with Crippen molar-refractivity contribution in [2.75, 3.05) is 31.9 Å². The van der Waals surface area contributed by atoms with E-state index in [0.29, 0.717) is 17.8 Å². The highest BCUT2D eigenvalue weighted by Gasteiger charge is 2.31. The van der Waals surface area contributed by atoms with Crippen LogP contribution in [-0.2, 0) is 4.79 Å². The van der Waals surface area contributed by atoms with E-state index in [2.05, 4.69) is 10.6 Å². The molecule has 1 saturated heterocycles. The number of thioether (sulfide) groups is 1. The Morgan fingerprint density at radius 2 is 2.11 bits per heavy atom. The third kappa shape index (κ3) is 3.23. The third-order valence-electron chi connectivity index (χ3n) is 4.12. The molecule has 106 valence electrons. The molecule has 0 aromatic carbocycles. The Kier molecular flexibility index (Phi) is 4.28. The van der Waals surface area contributed by atoms with Crippen LogP contribution in [0.1, 0.15) is 25.7 Å². The highest BCUT2D eigenvalue weighted by molar-refractivity contribution is 8.14. The molecule has 3 aliphatic rings. The van der Waals surface area contributed by atoms with E-state index in [1.165, 1.54) is 25.7 Å².